The van der Waals surface area contributed by atoms with Gasteiger partial charge in [0.1, 0.15) is 0 Å². The van der Waals surface area contributed by atoms with E-state index in [1.165, 1.54) is 21.3 Å². The smallest absolute Gasteiger partial charge is 0.256 e. The van der Waals surface area contributed by atoms with Gasteiger partial charge in [-0.25, -0.2) is 0 Å². The molecule has 0 unspecified atom stereocenters. The molecule has 2 atom stereocenters. The summed E-state index contributed by atoms with van der Waals surface area (Å²) in [6.07, 6.45) is -0.0950. The minimum absolute atomic E-state index is 0.0475. The van der Waals surface area contributed by atoms with Crippen LogP contribution < -0.4 is 19.5 Å². The number of benzene rings is 2. The lowest BCUT2D eigenvalue weighted by Gasteiger charge is -2.35. The first-order valence-electron chi connectivity index (χ1n) is 10.0. The summed E-state index contributed by atoms with van der Waals surface area (Å²) in [4.78, 5) is 27.9. The van der Waals surface area contributed by atoms with Crippen molar-refractivity contribution in [2.45, 2.75) is 26.1 Å². The molecule has 3 rings (SSSR count). The van der Waals surface area contributed by atoms with Crippen molar-refractivity contribution < 1.29 is 28.5 Å². The summed E-state index contributed by atoms with van der Waals surface area (Å²) in [7, 11) is 4.46. The molecule has 1 fully saturated rings. The minimum Gasteiger partial charge on any atom is -0.493 e. The summed E-state index contributed by atoms with van der Waals surface area (Å²) in [5.74, 6) is 0.582. The van der Waals surface area contributed by atoms with E-state index in [-0.39, 0.29) is 18.1 Å². The Bertz CT molecular complexity index is 926. The number of ether oxygens (including phenoxy) is 4. The van der Waals surface area contributed by atoms with Gasteiger partial charge < -0.3 is 29.2 Å². The van der Waals surface area contributed by atoms with Crippen LogP contribution in [0.2, 0.25) is 0 Å². The van der Waals surface area contributed by atoms with Crippen molar-refractivity contribution >= 4 is 17.5 Å². The van der Waals surface area contributed by atoms with E-state index < -0.39 is 5.91 Å². The third-order valence-corrected chi connectivity index (χ3v) is 5.04. The van der Waals surface area contributed by atoms with Crippen molar-refractivity contribution in [3.63, 3.8) is 0 Å². The molecule has 1 N–H and O–H groups in total. The Labute approximate surface area is 182 Å². The van der Waals surface area contributed by atoms with Crippen LogP contribution in [0, 0.1) is 0 Å². The molecule has 1 saturated heterocycles. The van der Waals surface area contributed by atoms with Gasteiger partial charge in [0.25, 0.3) is 11.8 Å². The van der Waals surface area contributed by atoms with Gasteiger partial charge in [-0.3, -0.25) is 9.59 Å². The number of carbonyl (C=O) groups excluding carboxylic acids is 2. The highest BCUT2D eigenvalue weighted by Crippen LogP contribution is 2.38. The highest BCUT2D eigenvalue weighted by atomic mass is 16.5. The summed E-state index contributed by atoms with van der Waals surface area (Å²) >= 11 is 0. The van der Waals surface area contributed by atoms with Crippen molar-refractivity contribution in [1.29, 1.82) is 0 Å². The SMILES string of the molecule is COc1cc(C(=O)Nc2ccccc2C(=O)N2C[C@H](C)O[C@@H](C)C2)cc(OC)c1OC. The fraction of sp³-hybridized carbons (Fsp3) is 0.391. The zero-order valence-corrected chi connectivity index (χ0v) is 18.4. The molecule has 0 bridgehead atoms. The molecule has 2 amide bonds. The minimum atomic E-state index is -0.400. The van der Waals surface area contributed by atoms with Gasteiger partial charge in [0.15, 0.2) is 11.5 Å². The van der Waals surface area contributed by atoms with Gasteiger partial charge in [-0.2, -0.15) is 0 Å². The molecule has 0 radical (unpaired) electrons. The summed E-state index contributed by atoms with van der Waals surface area (Å²) in [6, 6.07) is 10.1. The van der Waals surface area contributed by atoms with Crippen LogP contribution in [0.5, 0.6) is 17.2 Å². The van der Waals surface area contributed by atoms with Crippen LogP contribution in [0.25, 0.3) is 0 Å². The van der Waals surface area contributed by atoms with Crippen molar-refractivity contribution in [2.75, 3.05) is 39.7 Å². The van der Waals surface area contributed by atoms with E-state index in [0.717, 1.165) is 0 Å². The van der Waals surface area contributed by atoms with Gasteiger partial charge in [-0.1, -0.05) is 12.1 Å². The average molecular weight is 428 g/mol. The van der Waals surface area contributed by atoms with E-state index >= 15 is 0 Å². The molecule has 8 heteroatoms. The number of nitrogens with zero attached hydrogens (tertiary/aromatic N) is 1. The monoisotopic (exact) mass is 428 g/mol. The number of morpholine rings is 1. The number of anilines is 1. The fourth-order valence-corrected chi connectivity index (χ4v) is 3.70. The Morgan fingerprint density at radius 1 is 0.968 bits per heavy atom. The quantitative estimate of drug-likeness (QED) is 0.760. The molecule has 8 nitrogen and oxygen atoms in total. The standard InChI is InChI=1S/C23H28N2O6/c1-14-12-25(13-15(2)31-14)23(27)17-8-6-7-9-18(17)24-22(26)16-10-19(28-3)21(30-5)20(11-16)29-4/h6-11,14-15H,12-13H2,1-5H3,(H,24,26)/t14-,15-/m0/s1. The molecular formula is C23H28N2O6. The average Bonchev–Trinajstić information content (AvgIpc) is 2.77. The number of para-hydroxylation sites is 1. The molecule has 166 valence electrons. The maximum absolute atomic E-state index is 13.2. The number of methoxy groups -OCH3 is 3. The predicted octanol–water partition coefficient (Wildman–Crippen LogP) is 3.21. The molecule has 0 aromatic heterocycles. The van der Waals surface area contributed by atoms with Crippen molar-refractivity contribution in [3.8, 4) is 17.2 Å². The zero-order chi connectivity index (χ0) is 22.5. The van der Waals surface area contributed by atoms with Crippen LogP contribution in [0.4, 0.5) is 5.69 Å². The Morgan fingerprint density at radius 2 is 1.55 bits per heavy atom. The molecule has 0 saturated carbocycles. The molecule has 0 spiro atoms. The first-order chi connectivity index (χ1) is 14.9. The van der Waals surface area contributed by atoms with E-state index in [2.05, 4.69) is 5.32 Å². The molecule has 1 aliphatic heterocycles. The lowest BCUT2D eigenvalue weighted by Crippen LogP contribution is -2.48. The molecule has 0 aliphatic carbocycles. The number of nitrogens with one attached hydrogen (secondary N) is 1. The molecule has 31 heavy (non-hydrogen) atoms. The van der Waals surface area contributed by atoms with E-state index in [4.69, 9.17) is 18.9 Å². The van der Waals surface area contributed by atoms with Gasteiger partial charge >= 0.3 is 0 Å². The van der Waals surface area contributed by atoms with Gasteiger partial charge in [0, 0.05) is 18.7 Å². The molecule has 2 aromatic carbocycles. The summed E-state index contributed by atoms with van der Waals surface area (Å²) in [5, 5.41) is 2.84. The number of carbonyl (C=O) groups is 2. The fourth-order valence-electron chi connectivity index (χ4n) is 3.70. The Kier molecular flexibility index (Phi) is 7.02. The van der Waals surface area contributed by atoms with Crippen LogP contribution in [0.1, 0.15) is 34.6 Å². The van der Waals surface area contributed by atoms with E-state index in [0.29, 0.717) is 47.2 Å². The van der Waals surface area contributed by atoms with Gasteiger partial charge in [0.2, 0.25) is 5.75 Å². The summed E-state index contributed by atoms with van der Waals surface area (Å²) in [5.41, 5.74) is 1.16. The second kappa shape index (κ2) is 9.70. The van der Waals surface area contributed by atoms with Crippen LogP contribution in [0.3, 0.4) is 0 Å². The molecule has 1 aliphatic rings. The van der Waals surface area contributed by atoms with Crippen molar-refractivity contribution in [1.82, 2.24) is 4.90 Å². The number of hydrogen-bond acceptors (Lipinski definition) is 6. The second-order valence-corrected chi connectivity index (χ2v) is 7.38. The Hall–Kier alpha value is -3.26. The van der Waals surface area contributed by atoms with Gasteiger partial charge in [0.05, 0.1) is 44.8 Å². The topological polar surface area (TPSA) is 86.3 Å². The highest BCUT2D eigenvalue weighted by molar-refractivity contribution is 6.09. The summed E-state index contributed by atoms with van der Waals surface area (Å²) < 4.78 is 21.7. The van der Waals surface area contributed by atoms with E-state index in [1.807, 2.05) is 13.8 Å². The van der Waals surface area contributed by atoms with Crippen molar-refractivity contribution in [2.24, 2.45) is 0 Å². The van der Waals surface area contributed by atoms with E-state index in [1.54, 1.807) is 41.3 Å². The van der Waals surface area contributed by atoms with Crippen LogP contribution in [-0.4, -0.2) is 63.3 Å². The van der Waals surface area contributed by atoms with Crippen LogP contribution >= 0.6 is 0 Å². The normalized spacial score (nSPS) is 18.3. The number of rotatable bonds is 6. The largest absolute Gasteiger partial charge is 0.493 e. The third kappa shape index (κ3) is 4.91. The lowest BCUT2D eigenvalue weighted by molar-refractivity contribution is -0.0585. The third-order valence-electron chi connectivity index (χ3n) is 5.04. The first kappa shape index (κ1) is 22.4. The predicted molar refractivity (Wildman–Crippen MR) is 116 cm³/mol. The van der Waals surface area contributed by atoms with Crippen LogP contribution in [0.15, 0.2) is 36.4 Å². The maximum Gasteiger partial charge on any atom is 0.256 e. The first-order valence-corrected chi connectivity index (χ1v) is 10.0. The van der Waals surface area contributed by atoms with E-state index in [9.17, 15) is 9.59 Å². The lowest BCUT2D eigenvalue weighted by atomic mass is 10.1. The zero-order valence-electron chi connectivity index (χ0n) is 18.4. The summed E-state index contributed by atoms with van der Waals surface area (Å²) in [6.45, 7) is 4.87. The van der Waals surface area contributed by atoms with Gasteiger partial charge in [-0.05, 0) is 38.1 Å². The Morgan fingerprint density at radius 3 is 2.10 bits per heavy atom. The maximum atomic E-state index is 13.2. The second-order valence-electron chi connectivity index (χ2n) is 7.38. The van der Waals surface area contributed by atoms with Gasteiger partial charge in [-0.15, -0.1) is 0 Å². The number of hydrogen-bond donors (Lipinski definition) is 1. The van der Waals surface area contributed by atoms with Crippen molar-refractivity contribution in [3.05, 3.63) is 47.5 Å². The number of amides is 2. The molecule has 1 heterocycles. The highest BCUT2D eigenvalue weighted by Gasteiger charge is 2.28. The Balaban J connectivity index is 1.87. The van der Waals surface area contributed by atoms with Crippen LogP contribution in [-0.2, 0) is 4.74 Å². The molecule has 2 aromatic rings. The molecular weight excluding hydrogens is 400 g/mol.